The van der Waals surface area contributed by atoms with Crippen LogP contribution < -0.4 is 0 Å². The second-order valence-corrected chi connectivity index (χ2v) is 6.06. The van der Waals surface area contributed by atoms with Crippen LogP contribution in [0.4, 0.5) is 4.39 Å². The van der Waals surface area contributed by atoms with Gasteiger partial charge in [-0.1, -0.05) is 19.1 Å². The van der Waals surface area contributed by atoms with Crippen molar-refractivity contribution in [3.8, 4) is 11.6 Å². The van der Waals surface area contributed by atoms with Gasteiger partial charge in [-0.3, -0.25) is 0 Å². The fourth-order valence-corrected chi connectivity index (χ4v) is 2.73. The second-order valence-electron chi connectivity index (χ2n) is 6.06. The summed E-state index contributed by atoms with van der Waals surface area (Å²) in [5.41, 5.74) is 3.53. The highest BCUT2D eigenvalue weighted by Crippen LogP contribution is 2.24. The molecule has 0 aliphatic carbocycles. The van der Waals surface area contributed by atoms with E-state index in [2.05, 4.69) is 26.9 Å². The van der Waals surface area contributed by atoms with E-state index in [1.165, 1.54) is 0 Å². The SMILES string of the molecule is Cc1cc(C(C)Cc2cnc(-c3ncccn3)nc2)cc(C)c1F. The average Bonchev–Trinajstić information content (AvgIpc) is 2.60. The fourth-order valence-electron chi connectivity index (χ4n) is 2.73. The van der Waals surface area contributed by atoms with E-state index in [0.29, 0.717) is 22.8 Å². The number of aryl methyl sites for hydroxylation is 2. The maximum Gasteiger partial charge on any atom is 0.197 e. The first-order valence-corrected chi connectivity index (χ1v) is 7.89. The molecule has 0 saturated carbocycles. The third-order valence-electron chi connectivity index (χ3n) is 4.04. The van der Waals surface area contributed by atoms with Gasteiger partial charge in [-0.15, -0.1) is 0 Å². The Morgan fingerprint density at radius 1 is 0.917 bits per heavy atom. The molecule has 2 heterocycles. The lowest BCUT2D eigenvalue weighted by Gasteiger charge is -2.14. The molecular weight excluding hydrogens is 303 g/mol. The Labute approximate surface area is 140 Å². The summed E-state index contributed by atoms with van der Waals surface area (Å²) in [6.45, 7) is 5.73. The number of nitrogens with zero attached hydrogens (tertiary/aromatic N) is 4. The predicted octanol–water partition coefficient (Wildman–Crippen LogP) is 4.04. The van der Waals surface area contributed by atoms with Crippen molar-refractivity contribution < 1.29 is 4.39 Å². The monoisotopic (exact) mass is 322 g/mol. The van der Waals surface area contributed by atoms with Crippen molar-refractivity contribution >= 4 is 0 Å². The summed E-state index contributed by atoms with van der Waals surface area (Å²) in [6, 6.07) is 5.59. The molecular formula is C19H19FN4. The highest BCUT2D eigenvalue weighted by atomic mass is 19.1. The van der Waals surface area contributed by atoms with Crippen LogP contribution in [-0.2, 0) is 6.42 Å². The maximum absolute atomic E-state index is 13.8. The van der Waals surface area contributed by atoms with Crippen LogP contribution in [0, 0.1) is 19.7 Å². The normalized spacial score (nSPS) is 12.2. The molecule has 0 spiro atoms. The van der Waals surface area contributed by atoms with Crippen molar-refractivity contribution in [1.82, 2.24) is 19.9 Å². The fraction of sp³-hybridized carbons (Fsp3) is 0.263. The van der Waals surface area contributed by atoms with E-state index < -0.39 is 0 Å². The topological polar surface area (TPSA) is 51.6 Å². The van der Waals surface area contributed by atoms with Crippen LogP contribution in [0.2, 0.25) is 0 Å². The van der Waals surface area contributed by atoms with Crippen LogP contribution in [-0.4, -0.2) is 19.9 Å². The first-order valence-electron chi connectivity index (χ1n) is 7.89. The van der Waals surface area contributed by atoms with E-state index in [0.717, 1.165) is 17.5 Å². The summed E-state index contributed by atoms with van der Waals surface area (Å²) >= 11 is 0. The molecule has 0 aliphatic rings. The minimum Gasteiger partial charge on any atom is -0.234 e. The third-order valence-corrected chi connectivity index (χ3v) is 4.04. The smallest absolute Gasteiger partial charge is 0.197 e. The molecule has 122 valence electrons. The van der Waals surface area contributed by atoms with Crippen molar-refractivity contribution in [2.75, 3.05) is 0 Å². The van der Waals surface area contributed by atoms with Gasteiger partial charge in [0.2, 0.25) is 0 Å². The lowest BCUT2D eigenvalue weighted by atomic mass is 9.92. The van der Waals surface area contributed by atoms with E-state index >= 15 is 0 Å². The summed E-state index contributed by atoms with van der Waals surface area (Å²) in [6.07, 6.45) is 7.74. The molecule has 3 rings (SSSR count). The van der Waals surface area contributed by atoms with Gasteiger partial charge in [0, 0.05) is 24.8 Å². The number of benzene rings is 1. The summed E-state index contributed by atoms with van der Waals surface area (Å²) in [4.78, 5) is 17.0. The zero-order chi connectivity index (χ0) is 17.1. The van der Waals surface area contributed by atoms with E-state index in [9.17, 15) is 4.39 Å². The van der Waals surface area contributed by atoms with Gasteiger partial charge >= 0.3 is 0 Å². The Kier molecular flexibility index (Phi) is 4.60. The van der Waals surface area contributed by atoms with Crippen LogP contribution in [0.5, 0.6) is 0 Å². The van der Waals surface area contributed by atoms with Gasteiger partial charge in [0.1, 0.15) is 5.82 Å². The lowest BCUT2D eigenvalue weighted by Crippen LogP contribution is -2.03. The van der Waals surface area contributed by atoms with Crippen molar-refractivity contribution in [2.45, 2.75) is 33.1 Å². The number of hydrogen-bond acceptors (Lipinski definition) is 4. The number of rotatable bonds is 4. The Bertz CT molecular complexity index is 809. The molecule has 24 heavy (non-hydrogen) atoms. The molecule has 1 unspecified atom stereocenters. The lowest BCUT2D eigenvalue weighted by molar-refractivity contribution is 0.606. The molecule has 1 aromatic carbocycles. The van der Waals surface area contributed by atoms with Crippen molar-refractivity contribution in [3.63, 3.8) is 0 Å². The standard InChI is InChI=1S/C19H19FN4/c1-12(16-8-13(2)17(20)14(3)9-16)7-15-10-23-19(24-11-15)18-21-5-4-6-22-18/h4-6,8-12H,7H2,1-3H3. The highest BCUT2D eigenvalue weighted by molar-refractivity contribution is 5.41. The molecule has 2 aromatic heterocycles. The third kappa shape index (κ3) is 3.45. The first kappa shape index (κ1) is 16.2. The average molecular weight is 322 g/mol. The number of aromatic nitrogens is 4. The van der Waals surface area contributed by atoms with Gasteiger partial charge in [0.15, 0.2) is 11.6 Å². The molecule has 4 nitrogen and oxygen atoms in total. The molecule has 0 saturated heterocycles. The molecule has 0 fully saturated rings. The Balaban J connectivity index is 1.76. The van der Waals surface area contributed by atoms with E-state index in [1.807, 2.05) is 12.1 Å². The molecule has 0 radical (unpaired) electrons. The molecule has 0 N–H and O–H groups in total. The number of hydrogen-bond donors (Lipinski definition) is 0. The van der Waals surface area contributed by atoms with Crippen LogP contribution in [0.3, 0.4) is 0 Å². The van der Waals surface area contributed by atoms with Crippen molar-refractivity contribution in [1.29, 1.82) is 0 Å². The summed E-state index contributed by atoms with van der Waals surface area (Å²) < 4.78 is 13.8. The Morgan fingerprint density at radius 2 is 1.46 bits per heavy atom. The van der Waals surface area contributed by atoms with E-state index in [-0.39, 0.29) is 11.7 Å². The van der Waals surface area contributed by atoms with Gasteiger partial charge < -0.3 is 0 Å². The molecule has 1 atom stereocenters. The molecule has 5 heteroatoms. The molecule has 0 bridgehead atoms. The van der Waals surface area contributed by atoms with Gasteiger partial charge in [-0.2, -0.15) is 0 Å². The minimum absolute atomic E-state index is 0.124. The first-order chi connectivity index (χ1) is 11.5. The highest BCUT2D eigenvalue weighted by Gasteiger charge is 2.12. The molecule has 0 aliphatic heterocycles. The Hall–Kier alpha value is -2.69. The van der Waals surface area contributed by atoms with Gasteiger partial charge in [0.25, 0.3) is 0 Å². The van der Waals surface area contributed by atoms with Crippen LogP contribution in [0.25, 0.3) is 11.6 Å². The van der Waals surface area contributed by atoms with E-state index in [1.54, 1.807) is 44.7 Å². The van der Waals surface area contributed by atoms with E-state index in [4.69, 9.17) is 0 Å². The van der Waals surface area contributed by atoms with Crippen LogP contribution in [0.15, 0.2) is 43.0 Å². The maximum atomic E-state index is 13.8. The summed E-state index contributed by atoms with van der Waals surface area (Å²) in [5.74, 6) is 1.16. The zero-order valence-electron chi connectivity index (χ0n) is 14.0. The quantitative estimate of drug-likeness (QED) is 0.727. The van der Waals surface area contributed by atoms with Crippen molar-refractivity contribution in [3.05, 3.63) is 71.1 Å². The second kappa shape index (κ2) is 6.83. The molecule has 3 aromatic rings. The molecule has 0 amide bonds. The van der Waals surface area contributed by atoms with Crippen molar-refractivity contribution in [2.24, 2.45) is 0 Å². The minimum atomic E-state index is -0.124. The zero-order valence-corrected chi connectivity index (χ0v) is 14.0. The summed E-state index contributed by atoms with van der Waals surface area (Å²) in [5, 5.41) is 0. The van der Waals surface area contributed by atoms with Crippen LogP contribution >= 0.6 is 0 Å². The predicted molar refractivity (Wildman–Crippen MR) is 91.1 cm³/mol. The van der Waals surface area contributed by atoms with Gasteiger partial charge in [-0.05, 0) is 54.5 Å². The summed E-state index contributed by atoms with van der Waals surface area (Å²) in [7, 11) is 0. The Morgan fingerprint density at radius 3 is 2.04 bits per heavy atom. The largest absolute Gasteiger partial charge is 0.234 e. The van der Waals surface area contributed by atoms with Crippen LogP contribution in [0.1, 0.15) is 35.1 Å². The number of halogens is 1. The van der Waals surface area contributed by atoms with Gasteiger partial charge in [0.05, 0.1) is 0 Å². The van der Waals surface area contributed by atoms with Gasteiger partial charge in [-0.25, -0.2) is 24.3 Å².